The molecule has 2 aromatic heterocycles. The quantitative estimate of drug-likeness (QED) is 0.627. The zero-order valence-corrected chi connectivity index (χ0v) is 16.3. The summed E-state index contributed by atoms with van der Waals surface area (Å²) in [4.78, 5) is 44.7. The molecular weight excluding hydrogens is 386 g/mol. The molecule has 0 bridgehead atoms. The number of carbonyl (C=O) groups is 2. The summed E-state index contributed by atoms with van der Waals surface area (Å²) >= 11 is 0. The van der Waals surface area contributed by atoms with Gasteiger partial charge in [0.25, 0.3) is 23.3 Å². The summed E-state index contributed by atoms with van der Waals surface area (Å²) in [6.07, 6.45) is -0.00482. The van der Waals surface area contributed by atoms with Crippen LogP contribution < -0.4 is 16.2 Å². The van der Waals surface area contributed by atoms with Crippen LogP contribution in [0.15, 0.2) is 16.9 Å². The Morgan fingerprint density at radius 3 is 2.48 bits per heavy atom. The lowest BCUT2D eigenvalue weighted by atomic mass is 10.2. The van der Waals surface area contributed by atoms with E-state index in [2.05, 4.69) is 25.7 Å². The highest BCUT2D eigenvalue weighted by Crippen LogP contribution is 2.48. The Morgan fingerprint density at radius 2 is 1.93 bits per heavy atom. The van der Waals surface area contributed by atoms with Gasteiger partial charge in [0.2, 0.25) is 5.91 Å². The first-order chi connectivity index (χ1) is 13.6. The van der Waals surface area contributed by atoms with Gasteiger partial charge in [-0.2, -0.15) is 4.68 Å². The molecule has 9 nitrogen and oxygen atoms in total. The highest BCUT2D eigenvalue weighted by molar-refractivity contribution is 5.92. The fourth-order valence-electron chi connectivity index (χ4n) is 2.88. The predicted molar refractivity (Wildman–Crippen MR) is 99.1 cm³/mol. The van der Waals surface area contributed by atoms with Crippen LogP contribution in [0.1, 0.15) is 41.6 Å². The summed E-state index contributed by atoms with van der Waals surface area (Å²) in [5.74, 6) is -5.41. The maximum Gasteiger partial charge on any atom is 0.274 e. The van der Waals surface area contributed by atoms with Crippen LogP contribution >= 0.6 is 0 Å². The molecule has 0 spiro atoms. The Labute approximate surface area is 164 Å². The van der Waals surface area contributed by atoms with Crippen molar-refractivity contribution >= 4 is 11.8 Å². The molecule has 0 aliphatic heterocycles. The smallest absolute Gasteiger partial charge is 0.274 e. The normalized spacial score (nSPS) is 18.2. The summed E-state index contributed by atoms with van der Waals surface area (Å²) in [6, 6.07) is 2.36. The molecule has 1 aliphatic rings. The summed E-state index contributed by atoms with van der Waals surface area (Å²) in [5.41, 5.74) is 0.828. The molecule has 0 saturated heterocycles. The number of H-pyrrole nitrogens is 1. The van der Waals surface area contributed by atoms with E-state index in [0.29, 0.717) is 17.8 Å². The van der Waals surface area contributed by atoms with Gasteiger partial charge in [0.15, 0.2) is 0 Å². The van der Waals surface area contributed by atoms with Crippen molar-refractivity contribution in [2.75, 3.05) is 6.54 Å². The number of rotatable bonds is 7. The van der Waals surface area contributed by atoms with E-state index in [9.17, 15) is 23.2 Å². The molecule has 3 rings (SSSR count). The first-order valence-electron chi connectivity index (χ1n) is 9.22. The van der Waals surface area contributed by atoms with Crippen molar-refractivity contribution in [3.63, 3.8) is 0 Å². The molecule has 29 heavy (non-hydrogen) atoms. The first kappa shape index (κ1) is 20.6. The molecule has 1 aliphatic carbocycles. The Morgan fingerprint density at radius 1 is 1.31 bits per heavy atom. The van der Waals surface area contributed by atoms with E-state index < -0.39 is 41.7 Å². The minimum Gasteiger partial charge on any atom is -0.351 e. The monoisotopic (exact) mass is 408 g/mol. The van der Waals surface area contributed by atoms with Crippen molar-refractivity contribution in [1.29, 1.82) is 0 Å². The molecular formula is C18H22F2N6O3. The van der Waals surface area contributed by atoms with Crippen LogP contribution in [0, 0.1) is 19.8 Å². The highest BCUT2D eigenvalue weighted by Gasteiger charge is 2.61. The van der Waals surface area contributed by atoms with E-state index in [1.807, 2.05) is 0 Å². The zero-order valence-electron chi connectivity index (χ0n) is 16.3. The number of aryl methyl sites for hydroxylation is 2. The van der Waals surface area contributed by atoms with Gasteiger partial charge in [0.1, 0.15) is 11.6 Å². The number of nitrogens with zero attached hydrogens (tertiary/aromatic N) is 3. The molecule has 2 atom stereocenters. The number of alkyl halides is 2. The third-order valence-electron chi connectivity index (χ3n) is 4.63. The lowest BCUT2D eigenvalue weighted by molar-refractivity contribution is -0.125. The van der Waals surface area contributed by atoms with Crippen molar-refractivity contribution < 1.29 is 18.4 Å². The van der Waals surface area contributed by atoms with E-state index in [4.69, 9.17) is 0 Å². The van der Waals surface area contributed by atoms with Gasteiger partial charge < -0.3 is 10.6 Å². The topological polar surface area (TPSA) is 122 Å². The van der Waals surface area contributed by atoms with Crippen LogP contribution in [0.4, 0.5) is 8.78 Å². The second-order valence-corrected chi connectivity index (χ2v) is 7.14. The fraction of sp³-hybridized carbons (Fsp3) is 0.500. The summed E-state index contributed by atoms with van der Waals surface area (Å²) in [5, 5.41) is 7.75. The molecule has 0 unspecified atom stereocenters. The molecule has 0 radical (unpaired) electrons. The van der Waals surface area contributed by atoms with Gasteiger partial charge in [-0.05, 0) is 26.3 Å². The molecule has 2 aromatic rings. The van der Waals surface area contributed by atoms with Crippen molar-refractivity contribution in [3.05, 3.63) is 39.6 Å². The standard InChI is InChI=1S/C18H22F2N6O3/c1-4-11(24-15(28)12-7-18(12,19)20)8-21-16(29)13-6-14(27)26(25-13)17-22-9(2)5-10(3)23-17/h5-6,11-12,25H,4,7-8H2,1-3H3,(H,21,29)(H,24,28)/t11-,12-/m1/s1. The fourth-order valence-corrected chi connectivity index (χ4v) is 2.88. The molecule has 11 heteroatoms. The zero-order chi connectivity index (χ0) is 21.3. The second-order valence-electron chi connectivity index (χ2n) is 7.14. The van der Waals surface area contributed by atoms with Gasteiger partial charge in [-0.25, -0.2) is 18.7 Å². The summed E-state index contributed by atoms with van der Waals surface area (Å²) in [7, 11) is 0. The number of halogens is 2. The molecule has 1 saturated carbocycles. The SMILES string of the molecule is CC[C@H](CNC(=O)c1cc(=O)n(-c2nc(C)cc(C)n2)[nH]1)NC(=O)[C@H]1CC1(F)F. The second kappa shape index (κ2) is 7.72. The predicted octanol–water partition coefficient (Wildman–Crippen LogP) is 0.852. The van der Waals surface area contributed by atoms with Gasteiger partial charge in [-0.15, -0.1) is 0 Å². The van der Waals surface area contributed by atoms with E-state index in [0.717, 1.165) is 10.7 Å². The number of nitrogens with one attached hydrogen (secondary N) is 3. The molecule has 156 valence electrons. The van der Waals surface area contributed by atoms with E-state index in [-0.39, 0.29) is 18.2 Å². The third kappa shape index (κ3) is 4.66. The van der Waals surface area contributed by atoms with E-state index >= 15 is 0 Å². The van der Waals surface area contributed by atoms with Gasteiger partial charge in [0.05, 0.1) is 0 Å². The Balaban J connectivity index is 1.63. The van der Waals surface area contributed by atoms with Crippen molar-refractivity contribution in [2.45, 2.75) is 45.6 Å². The Bertz CT molecular complexity index is 979. The summed E-state index contributed by atoms with van der Waals surface area (Å²) in [6.45, 7) is 5.32. The van der Waals surface area contributed by atoms with Crippen LogP contribution in [0.2, 0.25) is 0 Å². The Hall–Kier alpha value is -3.11. The number of amides is 2. The number of hydrogen-bond donors (Lipinski definition) is 3. The Kier molecular flexibility index (Phi) is 5.49. The van der Waals surface area contributed by atoms with Gasteiger partial charge in [0, 0.05) is 36.5 Å². The number of aromatic amines is 1. The van der Waals surface area contributed by atoms with Gasteiger partial charge in [-0.3, -0.25) is 19.5 Å². The highest BCUT2D eigenvalue weighted by atomic mass is 19.3. The van der Waals surface area contributed by atoms with Gasteiger partial charge in [-0.1, -0.05) is 6.92 Å². The third-order valence-corrected chi connectivity index (χ3v) is 4.63. The molecule has 2 amide bonds. The largest absolute Gasteiger partial charge is 0.351 e. The average Bonchev–Trinajstić information content (AvgIpc) is 3.10. The molecule has 3 N–H and O–H groups in total. The van der Waals surface area contributed by atoms with Crippen molar-refractivity contribution in [1.82, 2.24) is 30.4 Å². The number of aromatic nitrogens is 4. The number of hydrogen-bond acceptors (Lipinski definition) is 5. The van der Waals surface area contributed by atoms with Crippen LogP contribution in [0.25, 0.3) is 5.95 Å². The van der Waals surface area contributed by atoms with Crippen LogP contribution in [-0.2, 0) is 4.79 Å². The van der Waals surface area contributed by atoms with E-state index in [1.54, 1.807) is 26.8 Å². The minimum absolute atomic E-state index is 0.00679. The first-order valence-corrected chi connectivity index (χ1v) is 9.22. The molecule has 0 aromatic carbocycles. The van der Waals surface area contributed by atoms with Crippen LogP contribution in [0.5, 0.6) is 0 Å². The average molecular weight is 408 g/mol. The number of carbonyl (C=O) groups excluding carboxylic acids is 2. The van der Waals surface area contributed by atoms with E-state index in [1.165, 1.54) is 0 Å². The van der Waals surface area contributed by atoms with Crippen molar-refractivity contribution in [2.24, 2.45) is 5.92 Å². The maximum atomic E-state index is 13.0. The lowest BCUT2D eigenvalue weighted by Crippen LogP contribution is -2.44. The molecule has 1 fully saturated rings. The van der Waals surface area contributed by atoms with Crippen molar-refractivity contribution in [3.8, 4) is 5.95 Å². The lowest BCUT2D eigenvalue weighted by Gasteiger charge is -2.17. The maximum absolute atomic E-state index is 13.0. The summed E-state index contributed by atoms with van der Waals surface area (Å²) < 4.78 is 27.0. The van der Waals surface area contributed by atoms with Crippen LogP contribution in [0.3, 0.4) is 0 Å². The minimum atomic E-state index is -2.94. The van der Waals surface area contributed by atoms with Crippen LogP contribution in [-0.4, -0.2) is 50.1 Å². The van der Waals surface area contributed by atoms with Gasteiger partial charge >= 0.3 is 0 Å². The molecule has 2 heterocycles.